The molecule has 0 aromatic rings. The molecular weight excluding hydrogens is 178 g/mol. The topological polar surface area (TPSA) is 49.6 Å². The predicted molar refractivity (Wildman–Crippen MR) is 56.8 cm³/mol. The monoisotopic (exact) mass is 197 g/mol. The van der Waals surface area contributed by atoms with Crippen LogP contribution >= 0.6 is 0 Å². The van der Waals surface area contributed by atoms with E-state index in [1.807, 2.05) is 20.0 Å². The number of carbonyl (C=O) groups excluding carboxylic acids is 1. The number of hydrogen-bond donors (Lipinski definition) is 1. The van der Waals surface area contributed by atoms with E-state index in [2.05, 4.69) is 11.5 Å². The van der Waals surface area contributed by atoms with Gasteiger partial charge in [0.15, 0.2) is 0 Å². The van der Waals surface area contributed by atoms with Crippen LogP contribution in [0.15, 0.2) is 12.7 Å². The van der Waals surface area contributed by atoms with Gasteiger partial charge in [0.2, 0.25) is 5.91 Å². The zero-order chi connectivity index (χ0) is 10.7. The molecule has 80 valence electrons. The highest BCUT2D eigenvalue weighted by Crippen LogP contribution is 2.14. The lowest BCUT2D eigenvalue weighted by molar-refractivity contribution is -0.142. The van der Waals surface area contributed by atoms with Crippen LogP contribution in [0.2, 0.25) is 0 Å². The Kier molecular flexibility index (Phi) is 3.66. The highest BCUT2D eigenvalue weighted by molar-refractivity contribution is 5.83. The average molecular weight is 197 g/mol. The maximum atomic E-state index is 11.8. The lowest BCUT2D eigenvalue weighted by atomic mass is 10.1. The summed E-state index contributed by atoms with van der Waals surface area (Å²) in [6.07, 6.45) is 1.81. The Morgan fingerprint density at radius 2 is 2.36 bits per heavy atom. The van der Waals surface area contributed by atoms with Crippen molar-refractivity contribution >= 4 is 5.91 Å². The highest BCUT2D eigenvalue weighted by Gasteiger charge is 2.34. The van der Waals surface area contributed by atoms with Gasteiger partial charge in [-0.05, 0) is 6.92 Å². The molecule has 0 aromatic heterocycles. The van der Waals surface area contributed by atoms with Crippen molar-refractivity contribution in [3.05, 3.63) is 12.7 Å². The van der Waals surface area contributed by atoms with Gasteiger partial charge >= 0.3 is 0 Å². The summed E-state index contributed by atoms with van der Waals surface area (Å²) in [5.74, 6) is 0.119. The van der Waals surface area contributed by atoms with E-state index in [0.29, 0.717) is 6.54 Å². The van der Waals surface area contributed by atoms with Gasteiger partial charge in [0, 0.05) is 32.7 Å². The molecule has 1 aliphatic heterocycles. The standard InChI is InChI=1S/C10H19N3O/c1-4-5-13-7-8(2)12(3)10(14)9(13)6-11/h4,8-9H,1,5-7,11H2,2-3H3. The molecule has 0 spiro atoms. The molecule has 4 nitrogen and oxygen atoms in total. The second-order valence-corrected chi connectivity index (χ2v) is 3.79. The number of carbonyl (C=O) groups is 1. The molecule has 0 aliphatic carbocycles. The second-order valence-electron chi connectivity index (χ2n) is 3.79. The van der Waals surface area contributed by atoms with Crippen LogP contribution in [0.25, 0.3) is 0 Å². The Morgan fingerprint density at radius 1 is 1.71 bits per heavy atom. The van der Waals surface area contributed by atoms with E-state index in [0.717, 1.165) is 13.1 Å². The molecule has 1 fully saturated rings. The Morgan fingerprint density at radius 3 is 2.86 bits per heavy atom. The van der Waals surface area contributed by atoms with E-state index in [4.69, 9.17) is 5.73 Å². The molecule has 2 atom stereocenters. The zero-order valence-corrected chi connectivity index (χ0v) is 8.94. The first-order valence-electron chi connectivity index (χ1n) is 4.93. The first-order chi connectivity index (χ1) is 6.61. The molecular formula is C10H19N3O. The molecule has 0 radical (unpaired) electrons. The van der Waals surface area contributed by atoms with Crippen LogP contribution in [-0.4, -0.2) is 54.5 Å². The molecule has 1 aliphatic rings. The fourth-order valence-corrected chi connectivity index (χ4v) is 1.82. The molecule has 2 N–H and O–H groups in total. The summed E-state index contributed by atoms with van der Waals surface area (Å²) in [5, 5.41) is 0. The van der Waals surface area contributed by atoms with Crippen LogP contribution in [-0.2, 0) is 4.79 Å². The van der Waals surface area contributed by atoms with Crippen LogP contribution in [0, 0.1) is 0 Å². The largest absolute Gasteiger partial charge is 0.340 e. The maximum absolute atomic E-state index is 11.8. The van der Waals surface area contributed by atoms with Crippen molar-refractivity contribution < 1.29 is 4.79 Å². The minimum atomic E-state index is -0.172. The van der Waals surface area contributed by atoms with Crippen molar-refractivity contribution in [3.8, 4) is 0 Å². The van der Waals surface area contributed by atoms with Crippen molar-refractivity contribution in [2.45, 2.75) is 19.0 Å². The van der Waals surface area contributed by atoms with Crippen molar-refractivity contribution in [2.24, 2.45) is 5.73 Å². The fourth-order valence-electron chi connectivity index (χ4n) is 1.82. The fraction of sp³-hybridized carbons (Fsp3) is 0.700. The molecule has 1 amide bonds. The van der Waals surface area contributed by atoms with Crippen molar-refractivity contribution in [1.82, 2.24) is 9.80 Å². The van der Waals surface area contributed by atoms with Gasteiger partial charge in [0.25, 0.3) is 0 Å². The van der Waals surface area contributed by atoms with Gasteiger partial charge in [-0.2, -0.15) is 0 Å². The molecule has 4 heteroatoms. The first-order valence-corrected chi connectivity index (χ1v) is 4.93. The minimum Gasteiger partial charge on any atom is -0.340 e. The van der Waals surface area contributed by atoms with E-state index >= 15 is 0 Å². The predicted octanol–water partition coefficient (Wildman–Crippen LogP) is -0.338. The molecule has 0 aromatic carbocycles. The second kappa shape index (κ2) is 4.57. The number of likely N-dealkylation sites (N-methyl/N-ethyl adjacent to an activating group) is 1. The third kappa shape index (κ3) is 1.96. The summed E-state index contributed by atoms with van der Waals surface area (Å²) in [6.45, 7) is 7.71. The number of nitrogens with two attached hydrogens (primary N) is 1. The summed E-state index contributed by atoms with van der Waals surface area (Å²) >= 11 is 0. The van der Waals surface area contributed by atoms with E-state index in [-0.39, 0.29) is 18.0 Å². The van der Waals surface area contributed by atoms with Crippen LogP contribution in [0.4, 0.5) is 0 Å². The maximum Gasteiger partial charge on any atom is 0.241 e. The molecule has 1 saturated heterocycles. The van der Waals surface area contributed by atoms with Crippen LogP contribution in [0.3, 0.4) is 0 Å². The van der Waals surface area contributed by atoms with E-state index < -0.39 is 0 Å². The zero-order valence-electron chi connectivity index (χ0n) is 8.94. The van der Waals surface area contributed by atoms with E-state index in [9.17, 15) is 4.79 Å². The molecule has 1 heterocycles. The van der Waals surface area contributed by atoms with Crippen LogP contribution < -0.4 is 5.73 Å². The highest BCUT2D eigenvalue weighted by atomic mass is 16.2. The van der Waals surface area contributed by atoms with Gasteiger partial charge in [-0.25, -0.2) is 0 Å². The Bertz CT molecular complexity index is 229. The quantitative estimate of drug-likeness (QED) is 0.630. The Labute approximate surface area is 85.3 Å². The normalized spacial score (nSPS) is 29.4. The van der Waals surface area contributed by atoms with Crippen LogP contribution in [0.1, 0.15) is 6.92 Å². The molecule has 14 heavy (non-hydrogen) atoms. The van der Waals surface area contributed by atoms with E-state index in [1.54, 1.807) is 4.90 Å². The molecule has 1 rings (SSSR count). The number of nitrogens with zero attached hydrogens (tertiary/aromatic N) is 2. The van der Waals surface area contributed by atoms with Crippen molar-refractivity contribution in [1.29, 1.82) is 0 Å². The van der Waals surface area contributed by atoms with Gasteiger partial charge in [-0.3, -0.25) is 9.69 Å². The van der Waals surface area contributed by atoms with Gasteiger partial charge in [-0.1, -0.05) is 6.08 Å². The van der Waals surface area contributed by atoms with Gasteiger partial charge < -0.3 is 10.6 Å². The summed E-state index contributed by atoms with van der Waals surface area (Å²) in [4.78, 5) is 15.7. The average Bonchev–Trinajstić information content (AvgIpc) is 2.16. The smallest absolute Gasteiger partial charge is 0.241 e. The van der Waals surface area contributed by atoms with Gasteiger partial charge in [0.05, 0.1) is 0 Å². The summed E-state index contributed by atoms with van der Waals surface area (Å²) in [5.41, 5.74) is 5.60. The lowest BCUT2D eigenvalue weighted by Gasteiger charge is -2.42. The molecule has 2 unspecified atom stereocenters. The number of hydrogen-bond acceptors (Lipinski definition) is 3. The number of amides is 1. The summed E-state index contributed by atoms with van der Waals surface area (Å²) < 4.78 is 0. The summed E-state index contributed by atoms with van der Waals surface area (Å²) in [6, 6.07) is 0.0828. The summed E-state index contributed by atoms with van der Waals surface area (Å²) in [7, 11) is 1.83. The van der Waals surface area contributed by atoms with Gasteiger partial charge in [0.1, 0.15) is 6.04 Å². The third-order valence-corrected chi connectivity index (χ3v) is 2.82. The van der Waals surface area contributed by atoms with Gasteiger partial charge in [-0.15, -0.1) is 6.58 Å². The lowest BCUT2D eigenvalue weighted by Crippen LogP contribution is -2.61. The SMILES string of the molecule is C=CCN1CC(C)N(C)C(=O)C1CN. The Hall–Kier alpha value is -0.870. The van der Waals surface area contributed by atoms with Crippen molar-refractivity contribution in [2.75, 3.05) is 26.7 Å². The first kappa shape index (κ1) is 11.2. The number of rotatable bonds is 3. The Balaban J connectivity index is 2.76. The van der Waals surface area contributed by atoms with Crippen molar-refractivity contribution in [3.63, 3.8) is 0 Å². The molecule has 0 saturated carbocycles. The minimum absolute atomic E-state index is 0.119. The third-order valence-electron chi connectivity index (χ3n) is 2.82. The molecule has 0 bridgehead atoms. The van der Waals surface area contributed by atoms with E-state index in [1.165, 1.54) is 0 Å². The van der Waals surface area contributed by atoms with Crippen LogP contribution in [0.5, 0.6) is 0 Å². The number of piperazine rings is 1.